The smallest absolute Gasteiger partial charge is 0.343 e. The number of rotatable bonds is 3. The van der Waals surface area contributed by atoms with Gasteiger partial charge in [0.2, 0.25) is 0 Å². The van der Waals surface area contributed by atoms with Crippen LogP contribution < -0.4 is 5.73 Å². The summed E-state index contributed by atoms with van der Waals surface area (Å²) in [6.07, 6.45) is 5.54. The minimum Gasteiger partial charge on any atom is -0.422 e. The lowest BCUT2D eigenvalue weighted by atomic mass is 10.1. The van der Waals surface area contributed by atoms with Gasteiger partial charge >= 0.3 is 5.97 Å². The minimum absolute atomic E-state index is 0. The SMILES string of the molecule is Cl.NCc1ccc(C(=O)OC2=CC=CCC2=C=O)cc1. The number of halogens is 1. The van der Waals surface area contributed by atoms with Crippen LogP contribution >= 0.6 is 12.4 Å². The molecule has 1 aromatic rings. The molecule has 0 amide bonds. The number of hydrogen-bond donors (Lipinski definition) is 1. The van der Waals surface area contributed by atoms with Crippen LogP contribution in [0.15, 0.2) is 53.8 Å². The summed E-state index contributed by atoms with van der Waals surface area (Å²) in [4.78, 5) is 22.6. The molecule has 0 heterocycles. The van der Waals surface area contributed by atoms with Crippen LogP contribution in [-0.4, -0.2) is 11.9 Å². The summed E-state index contributed by atoms with van der Waals surface area (Å²) in [5, 5.41) is 0. The second-order valence-corrected chi connectivity index (χ2v) is 4.03. The van der Waals surface area contributed by atoms with Gasteiger partial charge in [-0.05, 0) is 23.8 Å². The van der Waals surface area contributed by atoms with Crippen molar-refractivity contribution in [2.75, 3.05) is 0 Å². The molecule has 0 spiro atoms. The van der Waals surface area contributed by atoms with E-state index in [4.69, 9.17) is 10.5 Å². The van der Waals surface area contributed by atoms with E-state index in [1.807, 2.05) is 0 Å². The van der Waals surface area contributed by atoms with Gasteiger partial charge in [-0.15, -0.1) is 12.4 Å². The predicted molar refractivity (Wildman–Crippen MR) is 78.0 cm³/mol. The summed E-state index contributed by atoms with van der Waals surface area (Å²) in [7, 11) is 0. The van der Waals surface area contributed by atoms with Gasteiger partial charge in [-0.25, -0.2) is 9.59 Å². The van der Waals surface area contributed by atoms with Crippen molar-refractivity contribution in [2.24, 2.45) is 5.73 Å². The molecule has 20 heavy (non-hydrogen) atoms. The highest BCUT2D eigenvalue weighted by Gasteiger charge is 2.15. The number of ether oxygens (including phenoxy) is 1. The van der Waals surface area contributed by atoms with Gasteiger partial charge in [0, 0.05) is 13.0 Å². The lowest BCUT2D eigenvalue weighted by Crippen LogP contribution is -2.08. The van der Waals surface area contributed by atoms with Crippen LogP contribution in [0.5, 0.6) is 0 Å². The monoisotopic (exact) mass is 291 g/mol. The second kappa shape index (κ2) is 7.46. The molecule has 0 saturated carbocycles. The van der Waals surface area contributed by atoms with Gasteiger partial charge in [0.15, 0.2) is 0 Å². The summed E-state index contributed by atoms with van der Waals surface area (Å²) in [5.74, 6) is 1.54. The summed E-state index contributed by atoms with van der Waals surface area (Å²) >= 11 is 0. The third kappa shape index (κ3) is 3.68. The standard InChI is InChI=1S/C15H13NO3.ClH/c16-9-11-5-7-12(8-6-11)15(18)19-14-4-2-1-3-13(14)10-17;/h1-2,4-8H,3,9,16H2;1H. The molecule has 5 heteroatoms. The Morgan fingerprint density at radius 3 is 2.60 bits per heavy atom. The fourth-order valence-corrected chi connectivity index (χ4v) is 1.67. The number of nitrogens with two attached hydrogens (primary N) is 1. The highest BCUT2D eigenvalue weighted by Crippen LogP contribution is 2.19. The molecule has 1 aliphatic rings. The van der Waals surface area contributed by atoms with E-state index in [0.29, 0.717) is 24.1 Å². The van der Waals surface area contributed by atoms with Crippen molar-refractivity contribution in [3.05, 3.63) is 65.0 Å². The maximum atomic E-state index is 11.9. The topological polar surface area (TPSA) is 69.4 Å². The van der Waals surface area contributed by atoms with Crippen molar-refractivity contribution >= 4 is 24.3 Å². The average molecular weight is 292 g/mol. The predicted octanol–water partition coefficient (Wildman–Crippen LogP) is 2.33. The average Bonchev–Trinajstić information content (AvgIpc) is 2.48. The zero-order valence-electron chi connectivity index (χ0n) is 10.7. The third-order valence-electron chi connectivity index (χ3n) is 2.75. The zero-order valence-corrected chi connectivity index (χ0v) is 11.5. The highest BCUT2D eigenvalue weighted by atomic mass is 35.5. The quantitative estimate of drug-likeness (QED) is 0.685. The van der Waals surface area contributed by atoms with E-state index >= 15 is 0 Å². The van der Waals surface area contributed by atoms with Crippen LogP contribution in [0, 0.1) is 0 Å². The normalized spacial score (nSPS) is 13.1. The molecule has 0 saturated heterocycles. The van der Waals surface area contributed by atoms with Crippen molar-refractivity contribution in [3.63, 3.8) is 0 Å². The van der Waals surface area contributed by atoms with Crippen LogP contribution in [0.3, 0.4) is 0 Å². The molecule has 2 rings (SSSR count). The van der Waals surface area contributed by atoms with Crippen molar-refractivity contribution in [2.45, 2.75) is 13.0 Å². The highest BCUT2D eigenvalue weighted by molar-refractivity contribution is 5.90. The van der Waals surface area contributed by atoms with Gasteiger partial charge in [-0.3, -0.25) is 0 Å². The van der Waals surface area contributed by atoms with Crippen LogP contribution in [-0.2, 0) is 16.1 Å². The Balaban J connectivity index is 0.00000200. The molecule has 0 aliphatic heterocycles. The molecule has 0 unspecified atom stereocenters. The lowest BCUT2D eigenvalue weighted by Gasteiger charge is -2.10. The van der Waals surface area contributed by atoms with E-state index in [1.165, 1.54) is 0 Å². The van der Waals surface area contributed by atoms with E-state index in [-0.39, 0.29) is 18.2 Å². The van der Waals surface area contributed by atoms with Crippen molar-refractivity contribution < 1.29 is 14.3 Å². The van der Waals surface area contributed by atoms with Crippen molar-refractivity contribution in [3.8, 4) is 0 Å². The maximum absolute atomic E-state index is 11.9. The Labute approximate surface area is 123 Å². The Morgan fingerprint density at radius 1 is 1.30 bits per heavy atom. The number of carbonyl (C=O) groups is 1. The molecular weight excluding hydrogens is 278 g/mol. The Morgan fingerprint density at radius 2 is 2.00 bits per heavy atom. The fraction of sp³-hybridized carbons (Fsp3) is 0.133. The first-order chi connectivity index (χ1) is 9.24. The van der Waals surface area contributed by atoms with E-state index in [1.54, 1.807) is 48.4 Å². The lowest BCUT2D eigenvalue weighted by molar-refractivity contribution is 0.0632. The number of carbonyl (C=O) groups excluding carboxylic acids is 2. The van der Waals surface area contributed by atoms with Crippen molar-refractivity contribution in [1.29, 1.82) is 0 Å². The number of hydrogen-bond acceptors (Lipinski definition) is 4. The number of allylic oxidation sites excluding steroid dienone is 4. The summed E-state index contributed by atoms with van der Waals surface area (Å²) in [5.41, 5.74) is 7.17. The minimum atomic E-state index is -0.502. The van der Waals surface area contributed by atoms with E-state index in [0.717, 1.165) is 5.56 Å². The Bertz CT molecular complexity index is 596. The molecule has 0 aromatic heterocycles. The molecule has 0 atom stereocenters. The van der Waals surface area contributed by atoms with Crippen LogP contribution in [0.2, 0.25) is 0 Å². The van der Waals surface area contributed by atoms with Gasteiger partial charge < -0.3 is 10.5 Å². The molecule has 0 fully saturated rings. The molecule has 4 nitrogen and oxygen atoms in total. The first-order valence-electron chi connectivity index (χ1n) is 5.87. The number of benzene rings is 1. The molecule has 1 aromatic carbocycles. The molecule has 0 bridgehead atoms. The van der Waals surface area contributed by atoms with E-state index in [2.05, 4.69) is 0 Å². The van der Waals surface area contributed by atoms with Crippen LogP contribution in [0.1, 0.15) is 22.3 Å². The summed E-state index contributed by atoms with van der Waals surface area (Å²) in [6, 6.07) is 6.83. The van der Waals surface area contributed by atoms with Gasteiger partial charge in [0.25, 0.3) is 0 Å². The maximum Gasteiger partial charge on any atom is 0.343 e. The number of esters is 1. The van der Waals surface area contributed by atoms with E-state index < -0.39 is 5.97 Å². The fourth-order valence-electron chi connectivity index (χ4n) is 1.67. The van der Waals surface area contributed by atoms with Gasteiger partial charge in [0.1, 0.15) is 11.7 Å². The van der Waals surface area contributed by atoms with Crippen LogP contribution in [0.25, 0.3) is 0 Å². The van der Waals surface area contributed by atoms with Gasteiger partial charge in [-0.1, -0.05) is 24.3 Å². The summed E-state index contributed by atoms with van der Waals surface area (Å²) in [6.45, 7) is 0.420. The molecule has 1 aliphatic carbocycles. The summed E-state index contributed by atoms with van der Waals surface area (Å²) < 4.78 is 5.19. The van der Waals surface area contributed by atoms with E-state index in [9.17, 15) is 9.59 Å². The molecule has 2 N–H and O–H groups in total. The van der Waals surface area contributed by atoms with Crippen LogP contribution in [0.4, 0.5) is 0 Å². The molecule has 104 valence electrons. The van der Waals surface area contributed by atoms with Crippen molar-refractivity contribution in [1.82, 2.24) is 0 Å². The molecular formula is C15H14ClNO3. The Hall–Kier alpha value is -2.13. The zero-order chi connectivity index (χ0) is 13.7. The largest absolute Gasteiger partial charge is 0.422 e. The first-order valence-corrected chi connectivity index (χ1v) is 5.87. The van der Waals surface area contributed by atoms with Gasteiger partial charge in [0.05, 0.1) is 11.1 Å². The molecule has 0 radical (unpaired) electrons. The Kier molecular flexibility index (Phi) is 5.94. The first kappa shape index (κ1) is 15.9. The van der Waals surface area contributed by atoms with Gasteiger partial charge in [-0.2, -0.15) is 0 Å². The third-order valence-corrected chi connectivity index (χ3v) is 2.75. The second-order valence-electron chi connectivity index (χ2n) is 4.03.